The second kappa shape index (κ2) is 4.12. The molecule has 0 bridgehead atoms. The number of aromatic carboxylic acids is 1. The topological polar surface area (TPSA) is 83.5 Å². The Morgan fingerprint density at radius 3 is 2.59 bits per heavy atom. The number of rotatable bonds is 4. The number of carboxylic acid groups (broad SMARTS) is 1. The Morgan fingerprint density at radius 2 is 2.06 bits per heavy atom. The van der Waals surface area contributed by atoms with E-state index in [0.717, 1.165) is 12.8 Å². The van der Waals surface area contributed by atoms with E-state index in [4.69, 9.17) is 5.11 Å². The Hall–Kier alpha value is -1.40. The minimum atomic E-state index is -3.60. The first-order valence-electron chi connectivity index (χ1n) is 5.26. The minimum absolute atomic E-state index is 0.00730. The molecular formula is C11H13NO4S. The fraction of sp³-hybridized carbons (Fsp3) is 0.364. The van der Waals surface area contributed by atoms with Crippen molar-refractivity contribution < 1.29 is 18.3 Å². The van der Waals surface area contributed by atoms with Gasteiger partial charge in [-0.05, 0) is 37.5 Å². The third-order valence-corrected chi connectivity index (χ3v) is 4.29. The molecular weight excluding hydrogens is 242 g/mol. The number of hydrogen-bond acceptors (Lipinski definition) is 3. The average Bonchev–Trinajstić information content (AvgIpc) is 3.00. The molecule has 0 radical (unpaired) electrons. The van der Waals surface area contributed by atoms with E-state index in [1.807, 2.05) is 0 Å². The van der Waals surface area contributed by atoms with Crippen LogP contribution >= 0.6 is 0 Å². The number of aryl methyl sites for hydroxylation is 1. The normalized spacial score (nSPS) is 15.8. The Bertz CT molecular complexity index is 561. The Kier molecular flexibility index (Phi) is 2.92. The number of nitrogens with one attached hydrogen (secondary N) is 1. The molecule has 17 heavy (non-hydrogen) atoms. The number of benzene rings is 1. The summed E-state index contributed by atoms with van der Waals surface area (Å²) in [4.78, 5) is 10.9. The molecule has 0 saturated heterocycles. The summed E-state index contributed by atoms with van der Waals surface area (Å²) in [5.41, 5.74) is 0.523. The molecule has 2 rings (SSSR count). The summed E-state index contributed by atoms with van der Waals surface area (Å²) < 4.78 is 26.5. The van der Waals surface area contributed by atoms with E-state index >= 15 is 0 Å². The zero-order valence-electron chi connectivity index (χ0n) is 9.30. The van der Waals surface area contributed by atoms with Crippen molar-refractivity contribution >= 4 is 16.0 Å². The highest BCUT2D eigenvalue weighted by molar-refractivity contribution is 7.89. The molecule has 92 valence electrons. The Morgan fingerprint density at radius 1 is 1.41 bits per heavy atom. The molecule has 5 nitrogen and oxygen atoms in total. The number of carbonyl (C=O) groups is 1. The van der Waals surface area contributed by atoms with E-state index in [1.165, 1.54) is 18.2 Å². The Labute approximate surface area is 99.5 Å². The smallest absolute Gasteiger partial charge is 0.335 e. The van der Waals surface area contributed by atoms with Crippen molar-refractivity contribution in [3.63, 3.8) is 0 Å². The zero-order chi connectivity index (χ0) is 12.6. The lowest BCUT2D eigenvalue weighted by molar-refractivity contribution is 0.0696. The molecule has 1 aromatic rings. The lowest BCUT2D eigenvalue weighted by Crippen LogP contribution is -2.26. The van der Waals surface area contributed by atoms with Crippen molar-refractivity contribution in [2.24, 2.45) is 0 Å². The van der Waals surface area contributed by atoms with E-state index in [1.54, 1.807) is 6.92 Å². The molecule has 0 aliphatic heterocycles. The maximum absolute atomic E-state index is 12.0. The van der Waals surface area contributed by atoms with Crippen molar-refractivity contribution in [2.75, 3.05) is 0 Å². The van der Waals surface area contributed by atoms with Crippen LogP contribution < -0.4 is 4.72 Å². The number of carboxylic acids is 1. The molecule has 0 heterocycles. The zero-order valence-corrected chi connectivity index (χ0v) is 10.1. The van der Waals surface area contributed by atoms with E-state index in [2.05, 4.69) is 4.72 Å². The summed E-state index contributed by atoms with van der Waals surface area (Å²) in [5.74, 6) is -1.13. The van der Waals surface area contributed by atoms with Gasteiger partial charge in [0.15, 0.2) is 0 Å². The van der Waals surface area contributed by atoms with E-state index in [0.29, 0.717) is 5.56 Å². The van der Waals surface area contributed by atoms with Crippen molar-refractivity contribution in [3.8, 4) is 0 Å². The van der Waals surface area contributed by atoms with Gasteiger partial charge >= 0.3 is 5.97 Å². The van der Waals surface area contributed by atoms with Gasteiger partial charge in [-0.1, -0.05) is 6.07 Å². The van der Waals surface area contributed by atoms with Gasteiger partial charge in [-0.3, -0.25) is 0 Å². The molecule has 0 spiro atoms. The van der Waals surface area contributed by atoms with Gasteiger partial charge in [0, 0.05) is 6.04 Å². The van der Waals surface area contributed by atoms with Crippen LogP contribution in [-0.2, 0) is 10.0 Å². The first-order valence-corrected chi connectivity index (χ1v) is 6.75. The van der Waals surface area contributed by atoms with Crippen LogP contribution in [0.15, 0.2) is 23.1 Å². The molecule has 0 aromatic heterocycles. The van der Waals surface area contributed by atoms with Gasteiger partial charge in [0.2, 0.25) is 10.0 Å². The first kappa shape index (κ1) is 12.1. The van der Waals surface area contributed by atoms with Gasteiger partial charge in [0.1, 0.15) is 0 Å². The Balaban J connectivity index is 2.42. The molecule has 1 aliphatic rings. The average molecular weight is 255 g/mol. The third-order valence-electron chi connectivity index (χ3n) is 2.62. The lowest BCUT2D eigenvalue weighted by atomic mass is 10.1. The van der Waals surface area contributed by atoms with E-state index in [9.17, 15) is 13.2 Å². The lowest BCUT2D eigenvalue weighted by Gasteiger charge is -2.09. The molecule has 2 N–H and O–H groups in total. The summed E-state index contributed by atoms with van der Waals surface area (Å²) in [6, 6.07) is 4.11. The molecule has 0 amide bonds. The molecule has 1 fully saturated rings. The van der Waals surface area contributed by atoms with Crippen LogP contribution in [0.1, 0.15) is 28.8 Å². The minimum Gasteiger partial charge on any atom is -0.478 e. The predicted octanol–water partition coefficient (Wildman–Crippen LogP) is 1.13. The number of hydrogen-bond donors (Lipinski definition) is 2. The molecule has 1 aromatic carbocycles. The molecule has 0 unspecified atom stereocenters. The van der Waals surface area contributed by atoms with Gasteiger partial charge in [-0.25, -0.2) is 17.9 Å². The standard InChI is InChI=1S/C11H13NO4S/c1-7-2-3-8(11(13)14)6-10(7)17(15,16)12-9-4-5-9/h2-3,6,9,12H,4-5H2,1H3,(H,13,14). The van der Waals surface area contributed by atoms with Crippen LogP contribution in [0.25, 0.3) is 0 Å². The maximum atomic E-state index is 12.0. The molecule has 1 saturated carbocycles. The largest absolute Gasteiger partial charge is 0.478 e. The predicted molar refractivity (Wildman–Crippen MR) is 61.5 cm³/mol. The summed E-state index contributed by atoms with van der Waals surface area (Å²) in [7, 11) is -3.60. The number of sulfonamides is 1. The van der Waals surface area contributed by atoms with Crippen LogP contribution in [0.5, 0.6) is 0 Å². The van der Waals surface area contributed by atoms with Crippen LogP contribution in [0.2, 0.25) is 0 Å². The van der Waals surface area contributed by atoms with Gasteiger partial charge in [-0.15, -0.1) is 0 Å². The van der Waals surface area contributed by atoms with Gasteiger partial charge in [-0.2, -0.15) is 0 Å². The second-order valence-electron chi connectivity index (χ2n) is 4.18. The highest BCUT2D eigenvalue weighted by Gasteiger charge is 2.29. The fourth-order valence-corrected chi connectivity index (χ4v) is 3.08. The maximum Gasteiger partial charge on any atom is 0.335 e. The molecule has 1 aliphatic carbocycles. The quantitative estimate of drug-likeness (QED) is 0.845. The summed E-state index contributed by atoms with van der Waals surface area (Å²) in [6.07, 6.45) is 1.69. The van der Waals surface area contributed by atoms with Crippen LogP contribution in [-0.4, -0.2) is 25.5 Å². The highest BCUT2D eigenvalue weighted by atomic mass is 32.2. The monoisotopic (exact) mass is 255 g/mol. The second-order valence-corrected chi connectivity index (χ2v) is 5.86. The van der Waals surface area contributed by atoms with Gasteiger partial charge < -0.3 is 5.11 Å². The van der Waals surface area contributed by atoms with Crippen LogP contribution in [0, 0.1) is 6.92 Å². The summed E-state index contributed by atoms with van der Waals surface area (Å²) in [5, 5.41) is 8.84. The third kappa shape index (κ3) is 2.65. The summed E-state index contributed by atoms with van der Waals surface area (Å²) in [6.45, 7) is 1.65. The van der Waals surface area contributed by atoms with E-state index < -0.39 is 16.0 Å². The molecule has 6 heteroatoms. The first-order chi connectivity index (χ1) is 7.90. The fourth-order valence-electron chi connectivity index (χ4n) is 1.51. The van der Waals surface area contributed by atoms with Crippen LogP contribution in [0.4, 0.5) is 0 Å². The highest BCUT2D eigenvalue weighted by Crippen LogP contribution is 2.24. The van der Waals surface area contributed by atoms with Crippen molar-refractivity contribution in [2.45, 2.75) is 30.7 Å². The van der Waals surface area contributed by atoms with Crippen molar-refractivity contribution in [3.05, 3.63) is 29.3 Å². The van der Waals surface area contributed by atoms with Crippen molar-refractivity contribution in [1.29, 1.82) is 0 Å². The van der Waals surface area contributed by atoms with E-state index in [-0.39, 0.29) is 16.5 Å². The van der Waals surface area contributed by atoms with Crippen LogP contribution in [0.3, 0.4) is 0 Å². The van der Waals surface area contributed by atoms with Gasteiger partial charge in [0.25, 0.3) is 0 Å². The SMILES string of the molecule is Cc1ccc(C(=O)O)cc1S(=O)(=O)NC1CC1. The van der Waals surface area contributed by atoms with Crippen molar-refractivity contribution in [1.82, 2.24) is 4.72 Å². The van der Waals surface area contributed by atoms with Gasteiger partial charge in [0.05, 0.1) is 10.5 Å². The summed E-state index contributed by atoms with van der Waals surface area (Å²) >= 11 is 0. The molecule has 0 atom stereocenters.